The minimum atomic E-state index is -1.20. The van der Waals surface area contributed by atoms with Crippen molar-refractivity contribution in [1.29, 1.82) is 0 Å². The van der Waals surface area contributed by atoms with E-state index in [4.69, 9.17) is 27.7 Å². The average Bonchev–Trinajstić information content (AvgIpc) is 2.90. The molecule has 3 amide bonds. The van der Waals surface area contributed by atoms with Crippen LogP contribution in [-0.2, 0) is 25.7 Å². The van der Waals surface area contributed by atoms with Crippen molar-refractivity contribution >= 4 is 35.8 Å². The zero-order chi connectivity index (χ0) is 30.8. The second-order valence-corrected chi connectivity index (χ2v) is 9.75. The molecule has 0 spiro atoms. The predicted octanol–water partition coefficient (Wildman–Crippen LogP) is -0.511. The Labute approximate surface area is 239 Å². The number of carboxylic acid groups (broad SMARTS) is 1. The summed E-state index contributed by atoms with van der Waals surface area (Å²) in [6.07, 6.45) is 0.203. The van der Waals surface area contributed by atoms with Crippen LogP contribution in [0.3, 0.4) is 0 Å². The largest absolute Gasteiger partial charge is 0.480 e. The van der Waals surface area contributed by atoms with E-state index in [1.54, 1.807) is 24.3 Å². The van der Waals surface area contributed by atoms with Crippen molar-refractivity contribution in [3.8, 4) is 0 Å². The van der Waals surface area contributed by atoms with Gasteiger partial charge in [0.2, 0.25) is 11.8 Å². The maximum Gasteiger partial charge on any atom is 0.408 e. The molecule has 15 nitrogen and oxygen atoms in total. The summed E-state index contributed by atoms with van der Waals surface area (Å²) in [4.78, 5) is 58.4. The maximum atomic E-state index is 13.3. The fraction of sp³-hybridized carbons (Fsp3) is 0.538. The van der Waals surface area contributed by atoms with Gasteiger partial charge in [-0.05, 0) is 43.6 Å². The van der Waals surface area contributed by atoms with Crippen molar-refractivity contribution in [1.82, 2.24) is 16.0 Å². The third-order valence-electron chi connectivity index (χ3n) is 5.67. The van der Waals surface area contributed by atoms with Gasteiger partial charge in [0, 0.05) is 13.1 Å². The van der Waals surface area contributed by atoms with Crippen molar-refractivity contribution in [3.63, 3.8) is 0 Å². The highest BCUT2D eigenvalue weighted by atomic mass is 16.5. The number of guanidine groups is 2. The Morgan fingerprint density at radius 2 is 1.29 bits per heavy atom. The molecule has 15 heteroatoms. The number of rotatable bonds is 18. The molecule has 3 atom stereocenters. The smallest absolute Gasteiger partial charge is 0.408 e. The van der Waals surface area contributed by atoms with Crippen LogP contribution in [0.2, 0.25) is 0 Å². The number of amides is 3. The summed E-state index contributed by atoms with van der Waals surface area (Å²) in [5.41, 5.74) is 22.2. The van der Waals surface area contributed by atoms with E-state index in [-0.39, 0.29) is 56.8 Å². The number of alkyl carbamates (subject to hydrolysis) is 1. The molecule has 228 valence electrons. The highest BCUT2D eigenvalue weighted by Gasteiger charge is 2.30. The van der Waals surface area contributed by atoms with Crippen molar-refractivity contribution in [3.05, 3.63) is 35.9 Å². The molecule has 12 N–H and O–H groups in total. The Balaban J connectivity index is 3.02. The summed E-state index contributed by atoms with van der Waals surface area (Å²) in [5, 5.41) is 17.2. The molecule has 41 heavy (non-hydrogen) atoms. The predicted molar refractivity (Wildman–Crippen MR) is 154 cm³/mol. The van der Waals surface area contributed by atoms with Crippen LogP contribution < -0.4 is 38.9 Å². The van der Waals surface area contributed by atoms with Gasteiger partial charge in [-0.3, -0.25) is 19.6 Å². The van der Waals surface area contributed by atoms with Crippen LogP contribution in [-0.4, -0.2) is 72.1 Å². The normalized spacial score (nSPS) is 12.8. The summed E-state index contributed by atoms with van der Waals surface area (Å²) in [6.45, 7) is 4.02. The number of nitrogens with two attached hydrogens (primary N) is 4. The first kappa shape index (κ1) is 34.5. The van der Waals surface area contributed by atoms with E-state index in [1.807, 2.05) is 19.9 Å². The van der Waals surface area contributed by atoms with Crippen LogP contribution in [0.25, 0.3) is 0 Å². The summed E-state index contributed by atoms with van der Waals surface area (Å²) in [6, 6.07) is 5.59. The van der Waals surface area contributed by atoms with Gasteiger partial charge in [0.15, 0.2) is 11.9 Å². The van der Waals surface area contributed by atoms with Gasteiger partial charge >= 0.3 is 12.1 Å². The Morgan fingerprint density at radius 1 is 0.805 bits per heavy atom. The number of nitrogens with zero attached hydrogens (tertiary/aromatic N) is 2. The fourth-order valence-corrected chi connectivity index (χ4v) is 3.69. The molecule has 1 aromatic carbocycles. The van der Waals surface area contributed by atoms with Gasteiger partial charge in [-0.1, -0.05) is 44.2 Å². The SMILES string of the molecule is CC(C)CC(NC(=O)C(CCCN=C(N)N)NC(=O)C(CCCN=C(N)N)NC(=O)OCc1ccccc1)C(=O)O. The van der Waals surface area contributed by atoms with E-state index < -0.39 is 42.0 Å². The van der Waals surface area contributed by atoms with Gasteiger partial charge in [0.05, 0.1) is 0 Å². The van der Waals surface area contributed by atoms with Crippen LogP contribution in [0.5, 0.6) is 0 Å². The Hall–Kier alpha value is -4.56. The van der Waals surface area contributed by atoms with Crippen LogP contribution in [0.15, 0.2) is 40.3 Å². The molecule has 0 saturated heterocycles. The topological polar surface area (TPSA) is 263 Å². The quantitative estimate of drug-likeness (QED) is 0.0629. The molecule has 0 bridgehead atoms. The lowest BCUT2D eigenvalue weighted by molar-refractivity contribution is -0.142. The second kappa shape index (κ2) is 18.7. The van der Waals surface area contributed by atoms with E-state index in [2.05, 4.69) is 25.9 Å². The van der Waals surface area contributed by atoms with Gasteiger partial charge in [-0.2, -0.15) is 0 Å². The number of hydrogen-bond donors (Lipinski definition) is 8. The van der Waals surface area contributed by atoms with E-state index in [0.29, 0.717) is 12.8 Å². The van der Waals surface area contributed by atoms with Crippen molar-refractivity contribution in [2.75, 3.05) is 13.1 Å². The number of hydrogen-bond acceptors (Lipinski definition) is 7. The van der Waals surface area contributed by atoms with Gasteiger partial charge in [0.1, 0.15) is 24.7 Å². The molecule has 0 aromatic heterocycles. The molecule has 0 saturated carbocycles. The highest BCUT2D eigenvalue weighted by molar-refractivity contribution is 5.92. The van der Waals surface area contributed by atoms with Crippen molar-refractivity contribution in [2.24, 2.45) is 38.8 Å². The lowest BCUT2D eigenvalue weighted by atomic mass is 10.0. The fourth-order valence-electron chi connectivity index (χ4n) is 3.69. The van der Waals surface area contributed by atoms with Crippen LogP contribution in [0, 0.1) is 5.92 Å². The molecule has 3 unspecified atom stereocenters. The van der Waals surface area contributed by atoms with Crippen molar-refractivity contribution in [2.45, 2.75) is 70.7 Å². The summed E-state index contributed by atoms with van der Waals surface area (Å²) < 4.78 is 5.24. The molecule has 0 aliphatic rings. The van der Waals surface area contributed by atoms with Crippen LogP contribution >= 0.6 is 0 Å². The number of carbonyl (C=O) groups is 4. The van der Waals surface area contributed by atoms with Gasteiger partial charge < -0.3 is 48.7 Å². The van der Waals surface area contributed by atoms with Crippen LogP contribution in [0.1, 0.15) is 51.5 Å². The Morgan fingerprint density at radius 3 is 1.76 bits per heavy atom. The van der Waals surface area contributed by atoms with Gasteiger partial charge in [0.25, 0.3) is 0 Å². The lowest BCUT2D eigenvalue weighted by Gasteiger charge is -2.25. The number of carbonyl (C=O) groups excluding carboxylic acids is 3. The molecule has 0 aliphatic carbocycles. The third kappa shape index (κ3) is 15.6. The van der Waals surface area contributed by atoms with E-state index in [1.165, 1.54) is 0 Å². The summed E-state index contributed by atoms with van der Waals surface area (Å²) in [5.74, 6) is -2.82. The molecule has 0 heterocycles. The number of benzene rings is 1. The first-order valence-electron chi connectivity index (χ1n) is 13.3. The summed E-state index contributed by atoms with van der Waals surface area (Å²) in [7, 11) is 0. The van der Waals surface area contributed by atoms with E-state index in [0.717, 1.165) is 5.56 Å². The molecule has 1 rings (SSSR count). The average molecular weight is 578 g/mol. The molecular formula is C26H43N9O6. The molecular weight excluding hydrogens is 534 g/mol. The first-order valence-corrected chi connectivity index (χ1v) is 13.3. The van der Waals surface area contributed by atoms with Crippen LogP contribution in [0.4, 0.5) is 4.79 Å². The Kier molecular flexibility index (Phi) is 15.7. The minimum absolute atomic E-state index is 0.00740. The van der Waals surface area contributed by atoms with E-state index in [9.17, 15) is 24.3 Å². The Bertz CT molecular complexity index is 1040. The molecule has 0 radical (unpaired) electrons. The third-order valence-corrected chi connectivity index (χ3v) is 5.67. The van der Waals surface area contributed by atoms with Gasteiger partial charge in [-0.15, -0.1) is 0 Å². The standard InChI is InChI=1S/C26H43N9O6/c1-16(2)14-20(23(38)39)34-21(36)18(10-6-12-31-24(27)28)33-22(37)19(11-7-13-32-25(29)30)35-26(40)41-15-17-8-4-3-5-9-17/h3-5,8-9,16,18-20H,6-7,10-15H2,1-2H3,(H,33,37)(H,34,36)(H,35,40)(H,38,39)(H4,27,28,31)(H4,29,30,32). The number of nitrogens with one attached hydrogen (secondary N) is 3. The second-order valence-electron chi connectivity index (χ2n) is 9.75. The molecule has 0 aliphatic heterocycles. The first-order chi connectivity index (χ1) is 19.4. The zero-order valence-corrected chi connectivity index (χ0v) is 23.5. The molecule has 0 fully saturated rings. The van der Waals surface area contributed by atoms with E-state index >= 15 is 0 Å². The zero-order valence-electron chi connectivity index (χ0n) is 23.5. The number of aliphatic carboxylic acids is 1. The monoisotopic (exact) mass is 577 g/mol. The maximum absolute atomic E-state index is 13.3. The van der Waals surface area contributed by atoms with Gasteiger partial charge in [-0.25, -0.2) is 9.59 Å². The number of carboxylic acids is 1. The lowest BCUT2D eigenvalue weighted by Crippen LogP contribution is -2.56. The minimum Gasteiger partial charge on any atom is -0.480 e. The highest BCUT2D eigenvalue weighted by Crippen LogP contribution is 2.08. The molecule has 1 aromatic rings. The van der Waals surface area contributed by atoms with Crippen molar-refractivity contribution < 1.29 is 29.0 Å². The summed E-state index contributed by atoms with van der Waals surface area (Å²) >= 11 is 0. The number of aliphatic imine (C=N–C) groups is 2. The number of ether oxygens (including phenoxy) is 1.